The SMILES string of the molecule is CN1CCC(NC2CC3C(CN2)SC(C#N)C3F)CC1. The van der Waals surface area contributed by atoms with Gasteiger partial charge in [0.1, 0.15) is 11.4 Å². The van der Waals surface area contributed by atoms with E-state index in [4.69, 9.17) is 5.26 Å². The Labute approximate surface area is 124 Å². The molecule has 3 fully saturated rings. The van der Waals surface area contributed by atoms with Crippen molar-refractivity contribution in [1.82, 2.24) is 15.5 Å². The summed E-state index contributed by atoms with van der Waals surface area (Å²) in [7, 11) is 2.16. The molecule has 3 aliphatic rings. The summed E-state index contributed by atoms with van der Waals surface area (Å²) >= 11 is 1.52. The second-order valence-corrected chi connectivity index (χ2v) is 7.66. The minimum atomic E-state index is -0.959. The lowest BCUT2D eigenvalue weighted by Crippen LogP contribution is -2.56. The maximum Gasteiger partial charge on any atom is 0.129 e. The van der Waals surface area contributed by atoms with Crippen LogP contribution in [0.5, 0.6) is 0 Å². The highest BCUT2D eigenvalue weighted by Crippen LogP contribution is 2.43. The fraction of sp³-hybridized carbons (Fsp3) is 0.929. The quantitative estimate of drug-likeness (QED) is 0.795. The topological polar surface area (TPSA) is 51.1 Å². The number of alkyl halides is 1. The van der Waals surface area contributed by atoms with Crippen LogP contribution in [0.1, 0.15) is 19.3 Å². The molecule has 3 heterocycles. The van der Waals surface area contributed by atoms with E-state index in [1.165, 1.54) is 11.8 Å². The molecule has 0 aromatic rings. The Hall–Kier alpha value is -0.350. The second kappa shape index (κ2) is 6.18. The van der Waals surface area contributed by atoms with Crippen LogP contribution in [0.4, 0.5) is 4.39 Å². The van der Waals surface area contributed by atoms with Crippen LogP contribution >= 0.6 is 11.8 Å². The highest BCUT2D eigenvalue weighted by atomic mass is 32.2. The molecule has 20 heavy (non-hydrogen) atoms. The maximum atomic E-state index is 14.2. The van der Waals surface area contributed by atoms with Crippen molar-refractivity contribution in [3.63, 3.8) is 0 Å². The molecule has 6 heteroatoms. The van der Waals surface area contributed by atoms with Crippen LogP contribution in [0.15, 0.2) is 0 Å². The zero-order chi connectivity index (χ0) is 14.1. The predicted molar refractivity (Wildman–Crippen MR) is 79.2 cm³/mol. The van der Waals surface area contributed by atoms with Crippen LogP contribution in [-0.2, 0) is 0 Å². The molecule has 2 N–H and O–H groups in total. The summed E-state index contributed by atoms with van der Waals surface area (Å²) in [6.07, 6.45) is 2.39. The minimum absolute atomic E-state index is 0.0367. The molecule has 0 bridgehead atoms. The molecule has 0 aromatic carbocycles. The lowest BCUT2D eigenvalue weighted by molar-refractivity contribution is 0.157. The van der Waals surface area contributed by atoms with E-state index >= 15 is 0 Å². The summed E-state index contributed by atoms with van der Waals surface area (Å²) in [6, 6.07) is 2.65. The van der Waals surface area contributed by atoms with Gasteiger partial charge < -0.3 is 10.2 Å². The number of piperidine rings is 2. The standard InChI is InChI=1S/C14H23FN4S/c1-19-4-2-9(3-5-19)18-13-6-10-12(8-17-13)20-11(7-16)14(10)15/h9-14,17-18H,2-6,8H2,1H3. The molecular formula is C14H23FN4S. The van der Waals surface area contributed by atoms with Crippen molar-refractivity contribution in [2.24, 2.45) is 5.92 Å². The number of hydrogen-bond donors (Lipinski definition) is 2. The molecule has 3 saturated heterocycles. The second-order valence-electron chi connectivity index (χ2n) is 6.27. The summed E-state index contributed by atoms with van der Waals surface area (Å²) in [6.45, 7) is 3.08. The Morgan fingerprint density at radius 3 is 2.85 bits per heavy atom. The van der Waals surface area contributed by atoms with Gasteiger partial charge in [-0.1, -0.05) is 0 Å². The Morgan fingerprint density at radius 1 is 1.40 bits per heavy atom. The van der Waals surface area contributed by atoms with E-state index < -0.39 is 11.4 Å². The van der Waals surface area contributed by atoms with Crippen LogP contribution in [0.3, 0.4) is 0 Å². The lowest BCUT2D eigenvalue weighted by Gasteiger charge is -2.38. The fourth-order valence-corrected chi connectivity index (χ4v) is 5.02. The van der Waals surface area contributed by atoms with E-state index in [1.807, 2.05) is 0 Å². The maximum absolute atomic E-state index is 14.2. The fourth-order valence-electron chi connectivity index (χ4n) is 3.58. The van der Waals surface area contributed by atoms with Gasteiger partial charge in [0.2, 0.25) is 0 Å². The summed E-state index contributed by atoms with van der Waals surface area (Å²) in [5.41, 5.74) is 0. The minimum Gasteiger partial charge on any atom is -0.306 e. The van der Waals surface area contributed by atoms with Crippen molar-refractivity contribution >= 4 is 11.8 Å². The highest BCUT2D eigenvalue weighted by molar-refractivity contribution is 8.01. The van der Waals surface area contributed by atoms with Crippen molar-refractivity contribution in [3.05, 3.63) is 0 Å². The molecule has 5 atom stereocenters. The Kier molecular flexibility index (Phi) is 4.51. The van der Waals surface area contributed by atoms with Crippen LogP contribution in [0, 0.1) is 17.2 Å². The highest BCUT2D eigenvalue weighted by Gasteiger charge is 2.47. The molecule has 3 rings (SSSR count). The normalized spacial score (nSPS) is 43.1. The number of hydrogen-bond acceptors (Lipinski definition) is 5. The Bertz CT molecular complexity index is 380. The molecule has 4 nitrogen and oxygen atoms in total. The monoisotopic (exact) mass is 298 g/mol. The van der Waals surface area contributed by atoms with Gasteiger partial charge in [0.05, 0.1) is 12.2 Å². The van der Waals surface area contributed by atoms with Crippen molar-refractivity contribution in [1.29, 1.82) is 5.26 Å². The third-order valence-corrected chi connectivity index (χ3v) is 6.38. The van der Waals surface area contributed by atoms with Gasteiger partial charge in [0.15, 0.2) is 0 Å². The molecule has 0 aliphatic carbocycles. The van der Waals surface area contributed by atoms with Gasteiger partial charge in [-0.05, 0) is 39.4 Å². The number of rotatable bonds is 2. The number of likely N-dealkylation sites (tertiary alicyclic amines) is 1. The molecule has 112 valence electrons. The first-order chi connectivity index (χ1) is 9.67. The molecule has 0 amide bonds. The van der Waals surface area contributed by atoms with E-state index in [2.05, 4.69) is 28.7 Å². The van der Waals surface area contributed by atoms with Gasteiger partial charge in [0, 0.05) is 23.8 Å². The molecule has 0 saturated carbocycles. The average Bonchev–Trinajstić information content (AvgIpc) is 2.78. The van der Waals surface area contributed by atoms with Crippen LogP contribution < -0.4 is 10.6 Å². The van der Waals surface area contributed by atoms with Gasteiger partial charge in [-0.3, -0.25) is 5.32 Å². The zero-order valence-corrected chi connectivity index (χ0v) is 12.7. The van der Waals surface area contributed by atoms with Crippen molar-refractivity contribution in [2.75, 3.05) is 26.7 Å². The Balaban J connectivity index is 1.52. The average molecular weight is 298 g/mol. The van der Waals surface area contributed by atoms with Gasteiger partial charge >= 0.3 is 0 Å². The van der Waals surface area contributed by atoms with Crippen molar-refractivity contribution < 1.29 is 4.39 Å². The number of nitrogens with zero attached hydrogens (tertiary/aromatic N) is 2. The molecule has 0 aromatic heterocycles. The van der Waals surface area contributed by atoms with Crippen LogP contribution in [-0.4, -0.2) is 60.5 Å². The van der Waals surface area contributed by atoms with E-state index in [0.29, 0.717) is 6.04 Å². The van der Waals surface area contributed by atoms with Gasteiger partial charge in [-0.25, -0.2) is 4.39 Å². The van der Waals surface area contributed by atoms with E-state index in [0.717, 1.165) is 38.9 Å². The largest absolute Gasteiger partial charge is 0.306 e. The summed E-state index contributed by atoms with van der Waals surface area (Å²) < 4.78 is 14.2. The van der Waals surface area contributed by atoms with Crippen LogP contribution in [0.2, 0.25) is 0 Å². The van der Waals surface area contributed by atoms with Crippen molar-refractivity contribution in [3.8, 4) is 6.07 Å². The first-order valence-electron chi connectivity index (χ1n) is 7.54. The summed E-state index contributed by atoms with van der Waals surface area (Å²) in [5, 5.41) is 15.9. The van der Waals surface area contributed by atoms with Gasteiger partial charge in [-0.2, -0.15) is 5.26 Å². The zero-order valence-electron chi connectivity index (χ0n) is 11.9. The first-order valence-corrected chi connectivity index (χ1v) is 8.49. The number of fused-ring (bicyclic) bond motifs is 1. The van der Waals surface area contributed by atoms with E-state index in [1.54, 1.807) is 0 Å². The van der Waals surface area contributed by atoms with Gasteiger partial charge in [0.25, 0.3) is 0 Å². The lowest BCUT2D eigenvalue weighted by atomic mass is 9.89. The molecule has 0 radical (unpaired) electrons. The van der Waals surface area contributed by atoms with Crippen LogP contribution in [0.25, 0.3) is 0 Å². The van der Waals surface area contributed by atoms with Crippen molar-refractivity contribution in [2.45, 2.75) is 48.1 Å². The number of nitrogens with one attached hydrogen (secondary N) is 2. The predicted octanol–water partition coefficient (Wildman–Crippen LogP) is 0.951. The Morgan fingerprint density at radius 2 is 2.15 bits per heavy atom. The number of nitriles is 1. The summed E-state index contributed by atoms with van der Waals surface area (Å²) in [5.74, 6) is 0.0367. The molecular weight excluding hydrogens is 275 g/mol. The van der Waals surface area contributed by atoms with E-state index in [-0.39, 0.29) is 17.3 Å². The number of halogens is 1. The first kappa shape index (κ1) is 14.6. The molecule has 5 unspecified atom stereocenters. The molecule has 3 aliphatic heterocycles. The van der Waals surface area contributed by atoms with E-state index in [9.17, 15) is 4.39 Å². The smallest absolute Gasteiger partial charge is 0.129 e. The number of thioether (sulfide) groups is 1. The van der Waals surface area contributed by atoms with Gasteiger partial charge in [-0.15, -0.1) is 11.8 Å². The third-order valence-electron chi connectivity index (χ3n) is 4.85. The third kappa shape index (κ3) is 2.96. The molecule has 0 spiro atoms. The summed E-state index contributed by atoms with van der Waals surface area (Å²) in [4.78, 5) is 2.35.